The summed E-state index contributed by atoms with van der Waals surface area (Å²) in [5, 5.41) is 3.06. The third-order valence-corrected chi connectivity index (χ3v) is 8.26. The molecule has 0 spiro atoms. The van der Waals surface area contributed by atoms with Crippen LogP contribution in [0, 0.1) is 11.8 Å². The monoisotopic (exact) mass is 514 g/mol. The number of piperidine rings is 1. The average molecular weight is 515 g/mol. The van der Waals surface area contributed by atoms with Gasteiger partial charge in [0.15, 0.2) is 0 Å². The highest BCUT2D eigenvalue weighted by Gasteiger charge is 2.36. The Hall–Kier alpha value is -2.51. The number of nitrogens with one attached hydrogen (secondary N) is 1. The molecule has 37 heavy (non-hydrogen) atoms. The van der Waals surface area contributed by atoms with E-state index in [2.05, 4.69) is 30.7 Å². The van der Waals surface area contributed by atoms with E-state index >= 15 is 0 Å². The smallest absolute Gasteiger partial charge is 0.253 e. The quantitative estimate of drug-likeness (QED) is 0.539. The van der Waals surface area contributed by atoms with E-state index in [4.69, 9.17) is 4.98 Å². The molecule has 5 rings (SSSR count). The van der Waals surface area contributed by atoms with Crippen LogP contribution < -0.4 is 5.32 Å². The zero-order valence-corrected chi connectivity index (χ0v) is 22.4. The second-order valence-electron chi connectivity index (χ2n) is 12.6. The number of hydrogen-bond acceptors (Lipinski definition) is 3. The zero-order chi connectivity index (χ0) is 26.4. The number of carbonyl (C=O) groups is 2. The highest BCUT2D eigenvalue weighted by atomic mass is 19.3. The summed E-state index contributed by atoms with van der Waals surface area (Å²) in [7, 11) is 0. The van der Waals surface area contributed by atoms with Gasteiger partial charge in [0.25, 0.3) is 5.91 Å². The number of nitrogens with zero attached hydrogens (tertiary/aromatic N) is 3. The van der Waals surface area contributed by atoms with E-state index < -0.39 is 5.92 Å². The van der Waals surface area contributed by atoms with Gasteiger partial charge in [0, 0.05) is 55.9 Å². The predicted octanol–water partition coefficient (Wildman–Crippen LogP) is 5.68. The van der Waals surface area contributed by atoms with Crippen molar-refractivity contribution < 1.29 is 18.4 Å². The molecule has 1 saturated heterocycles. The molecule has 1 N–H and O–H groups in total. The molecule has 2 aromatic rings. The lowest BCUT2D eigenvalue weighted by Gasteiger charge is -2.32. The number of carbonyl (C=O) groups excluding carboxylic acids is 2. The number of rotatable bonds is 6. The van der Waals surface area contributed by atoms with Gasteiger partial charge < -0.3 is 14.8 Å². The van der Waals surface area contributed by atoms with Crippen LogP contribution in [0.4, 0.5) is 8.78 Å². The first-order valence-electron chi connectivity index (χ1n) is 14.0. The van der Waals surface area contributed by atoms with Crippen LogP contribution >= 0.6 is 0 Å². The van der Waals surface area contributed by atoms with Crippen molar-refractivity contribution in [3.05, 3.63) is 29.6 Å². The maximum atomic E-state index is 13.7. The molecule has 2 saturated carbocycles. The molecule has 3 fully saturated rings. The van der Waals surface area contributed by atoms with Crippen molar-refractivity contribution in [1.82, 2.24) is 19.8 Å². The Kier molecular flexibility index (Phi) is 7.05. The molecule has 0 bridgehead atoms. The number of likely N-dealkylation sites (tertiary alicyclic amines) is 1. The van der Waals surface area contributed by atoms with Crippen LogP contribution in [-0.4, -0.2) is 51.3 Å². The highest BCUT2D eigenvalue weighted by Crippen LogP contribution is 2.38. The molecular formula is C29H40F2N4O2. The lowest BCUT2D eigenvalue weighted by atomic mass is 9.86. The fourth-order valence-corrected chi connectivity index (χ4v) is 5.86. The van der Waals surface area contributed by atoms with Gasteiger partial charge in [-0.05, 0) is 68.6 Å². The minimum absolute atomic E-state index is 0.00384. The second-order valence-corrected chi connectivity index (χ2v) is 12.6. The predicted molar refractivity (Wildman–Crippen MR) is 140 cm³/mol. The number of fused-ring (bicyclic) bond motifs is 1. The lowest BCUT2D eigenvalue weighted by Crippen LogP contribution is -2.39. The molecule has 1 aromatic heterocycles. The van der Waals surface area contributed by atoms with Gasteiger partial charge in [0.05, 0.1) is 11.0 Å². The highest BCUT2D eigenvalue weighted by molar-refractivity contribution is 5.97. The molecule has 202 valence electrons. The fourth-order valence-electron chi connectivity index (χ4n) is 5.86. The van der Waals surface area contributed by atoms with Crippen LogP contribution in [0.5, 0.6) is 0 Å². The van der Waals surface area contributed by atoms with E-state index in [1.165, 1.54) is 0 Å². The Morgan fingerprint density at radius 3 is 2.32 bits per heavy atom. The Morgan fingerprint density at radius 1 is 1.03 bits per heavy atom. The third kappa shape index (κ3) is 6.15. The number of hydrogen-bond donors (Lipinski definition) is 1. The van der Waals surface area contributed by atoms with E-state index in [1.807, 2.05) is 23.1 Å². The van der Waals surface area contributed by atoms with Crippen LogP contribution in [0.1, 0.15) is 94.7 Å². The first kappa shape index (κ1) is 26.1. The van der Waals surface area contributed by atoms with Gasteiger partial charge in [0.1, 0.15) is 5.82 Å². The summed E-state index contributed by atoms with van der Waals surface area (Å²) in [6.45, 7) is 8.33. The fraction of sp³-hybridized carbons (Fsp3) is 0.690. The first-order valence-corrected chi connectivity index (χ1v) is 14.0. The molecule has 0 radical (unpaired) electrons. The Bertz CT molecular complexity index is 1150. The Morgan fingerprint density at radius 2 is 1.70 bits per heavy atom. The van der Waals surface area contributed by atoms with Gasteiger partial charge in [-0.1, -0.05) is 20.8 Å². The summed E-state index contributed by atoms with van der Waals surface area (Å²) in [6, 6.07) is 6.11. The molecule has 3 aliphatic rings. The molecule has 8 heteroatoms. The molecule has 0 atom stereocenters. The Labute approximate surface area is 218 Å². The summed E-state index contributed by atoms with van der Waals surface area (Å²) in [4.78, 5) is 32.3. The van der Waals surface area contributed by atoms with Gasteiger partial charge >= 0.3 is 0 Å². The van der Waals surface area contributed by atoms with Crippen LogP contribution in [0.15, 0.2) is 18.2 Å². The molecule has 2 amide bonds. The molecule has 0 unspecified atom stereocenters. The summed E-state index contributed by atoms with van der Waals surface area (Å²) in [5.74, 6) is -0.932. The van der Waals surface area contributed by atoms with Crippen molar-refractivity contribution in [1.29, 1.82) is 0 Å². The van der Waals surface area contributed by atoms with Gasteiger partial charge in [-0.15, -0.1) is 0 Å². The summed E-state index contributed by atoms with van der Waals surface area (Å²) in [6.07, 6.45) is 5.37. The van der Waals surface area contributed by atoms with Crippen LogP contribution in [0.2, 0.25) is 0 Å². The second kappa shape index (κ2) is 9.99. The van der Waals surface area contributed by atoms with Crippen molar-refractivity contribution >= 4 is 22.8 Å². The topological polar surface area (TPSA) is 67.2 Å². The van der Waals surface area contributed by atoms with E-state index in [0.717, 1.165) is 42.5 Å². The SMILES string of the molecule is CC(C)(C)c1nc2cc(C(=O)N3CCC(CC(=O)NC4CC4)CC3)ccc2n1CC1CCC(F)(F)CC1. The summed E-state index contributed by atoms with van der Waals surface area (Å²) in [5.41, 5.74) is 2.15. The number of amides is 2. The lowest BCUT2D eigenvalue weighted by molar-refractivity contribution is -0.122. The number of aromatic nitrogens is 2. The van der Waals surface area contributed by atoms with Gasteiger partial charge in [-0.3, -0.25) is 9.59 Å². The number of benzene rings is 1. The maximum Gasteiger partial charge on any atom is 0.253 e. The van der Waals surface area contributed by atoms with Crippen molar-refractivity contribution in [2.45, 2.75) is 102 Å². The molecule has 2 heterocycles. The van der Waals surface area contributed by atoms with E-state index in [1.54, 1.807) is 0 Å². The summed E-state index contributed by atoms with van der Waals surface area (Å²) >= 11 is 0. The van der Waals surface area contributed by atoms with Gasteiger partial charge in [0.2, 0.25) is 11.8 Å². The summed E-state index contributed by atoms with van der Waals surface area (Å²) < 4.78 is 29.6. The average Bonchev–Trinajstić information content (AvgIpc) is 3.57. The van der Waals surface area contributed by atoms with Crippen LogP contribution in [0.3, 0.4) is 0 Å². The van der Waals surface area contributed by atoms with Crippen LogP contribution in [-0.2, 0) is 16.8 Å². The molecule has 1 aliphatic heterocycles. The molecular weight excluding hydrogens is 474 g/mol. The largest absolute Gasteiger partial charge is 0.353 e. The van der Waals surface area contributed by atoms with Crippen molar-refractivity contribution in [2.24, 2.45) is 11.8 Å². The van der Waals surface area contributed by atoms with E-state index in [-0.39, 0.29) is 36.0 Å². The first-order chi connectivity index (χ1) is 17.5. The zero-order valence-electron chi connectivity index (χ0n) is 22.4. The standard InChI is InChI=1S/C29H40F2N4O2/c1-28(2,3)27-33-23-17-21(4-7-24(23)35(27)18-20-8-12-29(30,31)13-9-20)26(37)34-14-10-19(11-15-34)16-25(36)32-22-5-6-22/h4,7,17,19-20,22H,5-6,8-16,18H2,1-3H3,(H,32,36). The maximum absolute atomic E-state index is 13.7. The molecule has 2 aliphatic carbocycles. The van der Waals surface area contributed by atoms with E-state index in [0.29, 0.717) is 56.4 Å². The molecule has 6 nitrogen and oxygen atoms in total. The minimum atomic E-state index is -2.53. The third-order valence-electron chi connectivity index (χ3n) is 8.26. The number of halogens is 2. The van der Waals surface area contributed by atoms with E-state index in [9.17, 15) is 18.4 Å². The number of imidazole rings is 1. The molecule has 1 aromatic carbocycles. The number of alkyl halides is 2. The van der Waals surface area contributed by atoms with Gasteiger partial charge in [-0.2, -0.15) is 0 Å². The van der Waals surface area contributed by atoms with Gasteiger partial charge in [-0.25, -0.2) is 13.8 Å². The van der Waals surface area contributed by atoms with Crippen molar-refractivity contribution in [3.63, 3.8) is 0 Å². The normalized spacial score (nSPS) is 21.4. The Balaban J connectivity index is 1.27. The minimum Gasteiger partial charge on any atom is -0.353 e. The van der Waals surface area contributed by atoms with Crippen LogP contribution in [0.25, 0.3) is 11.0 Å². The van der Waals surface area contributed by atoms with Crippen molar-refractivity contribution in [2.75, 3.05) is 13.1 Å². The van der Waals surface area contributed by atoms with Crippen molar-refractivity contribution in [3.8, 4) is 0 Å².